The molecule has 2 unspecified atom stereocenters. The Morgan fingerprint density at radius 1 is 1.17 bits per heavy atom. The van der Waals surface area contributed by atoms with Crippen LogP contribution in [-0.2, 0) is 0 Å². The van der Waals surface area contributed by atoms with Crippen molar-refractivity contribution in [3.05, 3.63) is 53.7 Å². The van der Waals surface area contributed by atoms with E-state index in [0.29, 0.717) is 17.4 Å². The number of benzene rings is 1. The molecule has 5 nitrogen and oxygen atoms in total. The smallest absolute Gasteiger partial charge is 0.250 e. The summed E-state index contributed by atoms with van der Waals surface area (Å²) in [6.07, 6.45) is 3.37. The monoisotopic (exact) mass is 313 g/mol. The first-order chi connectivity index (χ1) is 11.0. The lowest BCUT2D eigenvalue weighted by molar-refractivity contribution is 0.1000. The summed E-state index contributed by atoms with van der Waals surface area (Å²) in [6, 6.07) is 11.3. The normalized spacial score (nSPS) is 13.3. The quantitative estimate of drug-likeness (QED) is 0.821. The first-order valence-corrected chi connectivity index (χ1v) is 7.75. The molecular weight excluding hydrogens is 290 g/mol. The number of rotatable bonds is 7. The summed E-state index contributed by atoms with van der Waals surface area (Å²) in [4.78, 5) is 15.2. The van der Waals surface area contributed by atoms with E-state index in [0.717, 1.165) is 24.2 Å². The Bertz CT molecular complexity index is 654. The largest absolute Gasteiger partial charge is 0.439 e. The third kappa shape index (κ3) is 4.79. The number of amides is 1. The van der Waals surface area contributed by atoms with Gasteiger partial charge in [-0.1, -0.05) is 25.1 Å². The highest BCUT2D eigenvalue weighted by atomic mass is 16.5. The Balaban J connectivity index is 2.15. The highest BCUT2D eigenvalue weighted by Crippen LogP contribution is 2.32. The van der Waals surface area contributed by atoms with Crippen molar-refractivity contribution in [3.63, 3.8) is 0 Å². The van der Waals surface area contributed by atoms with Gasteiger partial charge in [0.15, 0.2) is 0 Å². The van der Waals surface area contributed by atoms with Gasteiger partial charge < -0.3 is 16.2 Å². The van der Waals surface area contributed by atoms with Gasteiger partial charge in [0, 0.05) is 18.3 Å². The zero-order chi connectivity index (χ0) is 16.8. The zero-order valence-corrected chi connectivity index (χ0v) is 13.5. The van der Waals surface area contributed by atoms with Crippen LogP contribution in [0, 0.1) is 0 Å². The molecule has 0 aliphatic heterocycles. The van der Waals surface area contributed by atoms with E-state index < -0.39 is 5.91 Å². The Labute approximate surface area is 136 Å². The van der Waals surface area contributed by atoms with Crippen LogP contribution in [0.3, 0.4) is 0 Å². The molecule has 4 N–H and O–H groups in total. The number of hydrogen-bond donors (Lipinski definition) is 2. The lowest BCUT2D eigenvalue weighted by atomic mass is 9.94. The van der Waals surface area contributed by atoms with E-state index in [2.05, 4.69) is 18.0 Å². The lowest BCUT2D eigenvalue weighted by Crippen LogP contribution is -2.15. The maximum absolute atomic E-state index is 11.1. The van der Waals surface area contributed by atoms with Crippen LogP contribution in [0.2, 0.25) is 0 Å². The molecule has 0 spiro atoms. The summed E-state index contributed by atoms with van der Waals surface area (Å²) in [6.45, 7) is 4.17. The second-order valence-corrected chi connectivity index (χ2v) is 5.84. The predicted molar refractivity (Wildman–Crippen MR) is 90.6 cm³/mol. The van der Waals surface area contributed by atoms with Crippen LogP contribution < -0.4 is 16.2 Å². The molecule has 5 heteroatoms. The predicted octanol–water partition coefficient (Wildman–Crippen LogP) is 3.20. The molecule has 23 heavy (non-hydrogen) atoms. The Kier molecular flexibility index (Phi) is 5.71. The van der Waals surface area contributed by atoms with Crippen molar-refractivity contribution in [3.8, 4) is 11.6 Å². The minimum Gasteiger partial charge on any atom is -0.439 e. The summed E-state index contributed by atoms with van der Waals surface area (Å²) in [7, 11) is 0. The van der Waals surface area contributed by atoms with Crippen molar-refractivity contribution in [2.45, 2.75) is 38.6 Å². The molecule has 0 bridgehead atoms. The first kappa shape index (κ1) is 17.0. The summed E-state index contributed by atoms with van der Waals surface area (Å²) < 4.78 is 5.88. The first-order valence-electron chi connectivity index (χ1n) is 7.75. The molecule has 0 saturated carbocycles. The molecule has 2 aromatic rings. The van der Waals surface area contributed by atoms with Gasteiger partial charge in [-0.05, 0) is 43.4 Å². The van der Waals surface area contributed by atoms with E-state index >= 15 is 0 Å². The average Bonchev–Trinajstić information content (AvgIpc) is 2.53. The topological polar surface area (TPSA) is 91.2 Å². The second kappa shape index (κ2) is 7.74. The third-order valence-corrected chi connectivity index (χ3v) is 3.74. The van der Waals surface area contributed by atoms with Crippen molar-refractivity contribution in [1.82, 2.24) is 4.98 Å². The highest BCUT2D eigenvalue weighted by Gasteiger charge is 2.13. The van der Waals surface area contributed by atoms with Gasteiger partial charge in [-0.25, -0.2) is 4.98 Å². The van der Waals surface area contributed by atoms with Crippen LogP contribution in [0.4, 0.5) is 0 Å². The molecule has 0 fully saturated rings. The van der Waals surface area contributed by atoms with Crippen LogP contribution in [0.15, 0.2) is 42.6 Å². The van der Waals surface area contributed by atoms with E-state index in [9.17, 15) is 4.79 Å². The van der Waals surface area contributed by atoms with Gasteiger partial charge in [0.1, 0.15) is 5.75 Å². The number of hydrogen-bond acceptors (Lipinski definition) is 4. The van der Waals surface area contributed by atoms with Crippen LogP contribution in [0.25, 0.3) is 0 Å². The van der Waals surface area contributed by atoms with Crippen molar-refractivity contribution in [2.75, 3.05) is 0 Å². The van der Waals surface area contributed by atoms with Crippen LogP contribution in [0.1, 0.15) is 48.5 Å². The molecule has 0 aliphatic carbocycles. The number of primary amides is 1. The molecule has 1 heterocycles. The minimum absolute atomic E-state index is 0.188. The van der Waals surface area contributed by atoms with Gasteiger partial charge in [-0.2, -0.15) is 0 Å². The van der Waals surface area contributed by atoms with Crippen LogP contribution in [-0.4, -0.2) is 16.9 Å². The van der Waals surface area contributed by atoms with Gasteiger partial charge in [0.2, 0.25) is 11.8 Å². The fraction of sp³-hybridized carbons (Fsp3) is 0.333. The van der Waals surface area contributed by atoms with E-state index in [1.54, 1.807) is 12.1 Å². The van der Waals surface area contributed by atoms with Crippen LogP contribution in [0.5, 0.6) is 11.6 Å². The van der Waals surface area contributed by atoms with Crippen molar-refractivity contribution >= 4 is 5.91 Å². The number of carbonyl (C=O) groups is 1. The van der Waals surface area contributed by atoms with E-state index in [-0.39, 0.29) is 6.04 Å². The SMILES string of the molecule is CC(N)CCC(C)c1ccccc1Oc1ccc(C(N)=O)cn1. The fourth-order valence-corrected chi connectivity index (χ4v) is 2.35. The summed E-state index contributed by atoms with van der Waals surface area (Å²) in [5, 5.41) is 0. The number of pyridine rings is 1. The molecule has 1 aromatic carbocycles. The number of nitrogens with two attached hydrogens (primary N) is 2. The Hall–Kier alpha value is -2.40. The number of para-hydroxylation sites is 1. The van der Waals surface area contributed by atoms with Crippen molar-refractivity contribution < 1.29 is 9.53 Å². The van der Waals surface area contributed by atoms with E-state index in [1.165, 1.54) is 6.20 Å². The summed E-state index contributed by atoms with van der Waals surface area (Å²) in [5.74, 6) is 1.03. The molecule has 2 atom stereocenters. The van der Waals surface area contributed by atoms with Gasteiger partial charge >= 0.3 is 0 Å². The van der Waals surface area contributed by atoms with Gasteiger partial charge in [0.05, 0.1) is 5.56 Å². The molecule has 0 aliphatic rings. The molecule has 0 saturated heterocycles. The number of nitrogens with zero attached hydrogens (tertiary/aromatic N) is 1. The lowest BCUT2D eigenvalue weighted by Gasteiger charge is -2.17. The second-order valence-electron chi connectivity index (χ2n) is 5.84. The molecular formula is C18H23N3O2. The van der Waals surface area contributed by atoms with Gasteiger partial charge in [-0.3, -0.25) is 4.79 Å². The van der Waals surface area contributed by atoms with Gasteiger partial charge in [-0.15, -0.1) is 0 Å². The molecule has 0 radical (unpaired) electrons. The third-order valence-electron chi connectivity index (χ3n) is 3.74. The standard InChI is InChI=1S/C18H23N3O2/c1-12(7-8-13(2)19)15-5-3-4-6-16(15)23-17-10-9-14(11-21-17)18(20)22/h3-6,9-13H,7-8,19H2,1-2H3,(H2,20,22). The van der Waals surface area contributed by atoms with Crippen molar-refractivity contribution in [1.29, 1.82) is 0 Å². The van der Waals surface area contributed by atoms with Crippen LogP contribution >= 0.6 is 0 Å². The molecule has 1 amide bonds. The van der Waals surface area contributed by atoms with E-state index in [1.807, 2.05) is 25.1 Å². The highest BCUT2D eigenvalue weighted by molar-refractivity contribution is 5.92. The zero-order valence-electron chi connectivity index (χ0n) is 13.5. The Morgan fingerprint density at radius 2 is 1.91 bits per heavy atom. The summed E-state index contributed by atoms with van der Waals surface area (Å²) >= 11 is 0. The van der Waals surface area contributed by atoms with Crippen molar-refractivity contribution in [2.24, 2.45) is 11.5 Å². The Morgan fingerprint density at radius 3 is 2.52 bits per heavy atom. The number of ether oxygens (including phenoxy) is 1. The van der Waals surface area contributed by atoms with Gasteiger partial charge in [0.25, 0.3) is 0 Å². The minimum atomic E-state index is -0.506. The molecule has 1 aromatic heterocycles. The molecule has 2 rings (SSSR count). The summed E-state index contributed by atoms with van der Waals surface area (Å²) in [5.41, 5.74) is 12.5. The maximum Gasteiger partial charge on any atom is 0.250 e. The average molecular weight is 313 g/mol. The molecule has 122 valence electrons. The number of carbonyl (C=O) groups excluding carboxylic acids is 1. The number of aromatic nitrogens is 1. The fourth-order valence-electron chi connectivity index (χ4n) is 2.35. The maximum atomic E-state index is 11.1. The van der Waals surface area contributed by atoms with E-state index in [4.69, 9.17) is 16.2 Å².